The number of rotatable bonds is 6. The molecular formula is C17H13F3N2O5S. The number of halogens is 3. The quantitative estimate of drug-likeness (QED) is 0.550. The van der Waals surface area contributed by atoms with Gasteiger partial charge in [0.2, 0.25) is 0 Å². The highest BCUT2D eigenvalue weighted by Crippen LogP contribution is 2.30. The molecule has 2 N–H and O–H groups in total. The molecular weight excluding hydrogens is 401 g/mol. The van der Waals surface area contributed by atoms with Crippen molar-refractivity contribution >= 4 is 21.8 Å². The first-order valence-corrected chi connectivity index (χ1v) is 8.95. The summed E-state index contributed by atoms with van der Waals surface area (Å²) in [5, 5.41) is 20.9. The number of aryl methyl sites for hydroxylation is 1. The fraction of sp³-hybridized carbons (Fsp3) is 0.176. The Balaban J connectivity index is 2.38. The van der Waals surface area contributed by atoms with Gasteiger partial charge >= 0.3 is 21.6 Å². The van der Waals surface area contributed by atoms with Gasteiger partial charge in [0.1, 0.15) is 5.75 Å². The van der Waals surface area contributed by atoms with Gasteiger partial charge in [0.25, 0.3) is 0 Å². The highest BCUT2D eigenvalue weighted by molar-refractivity contribution is 7.88. The zero-order valence-corrected chi connectivity index (χ0v) is 15.0. The van der Waals surface area contributed by atoms with Crippen LogP contribution in [-0.4, -0.2) is 25.0 Å². The predicted molar refractivity (Wildman–Crippen MR) is 91.9 cm³/mol. The van der Waals surface area contributed by atoms with Crippen LogP contribution in [0.25, 0.3) is 0 Å². The maximum Gasteiger partial charge on any atom is 0.534 e. The Labute approximate surface area is 158 Å². The van der Waals surface area contributed by atoms with E-state index in [0.29, 0.717) is 11.3 Å². The van der Waals surface area contributed by atoms with Crippen molar-refractivity contribution in [2.24, 2.45) is 0 Å². The lowest BCUT2D eigenvalue weighted by atomic mass is 10.0. The van der Waals surface area contributed by atoms with Gasteiger partial charge in [-0.25, -0.2) is 4.79 Å². The molecule has 0 fully saturated rings. The number of carbonyl (C=O) groups is 1. The van der Waals surface area contributed by atoms with Crippen LogP contribution in [0, 0.1) is 18.3 Å². The molecule has 0 saturated heterocycles. The Hall–Kier alpha value is -3.26. The van der Waals surface area contributed by atoms with Crippen molar-refractivity contribution in [2.75, 3.05) is 5.32 Å². The summed E-state index contributed by atoms with van der Waals surface area (Å²) in [6.07, 6.45) is 0. The number of benzene rings is 2. The van der Waals surface area contributed by atoms with Crippen molar-refractivity contribution in [1.29, 1.82) is 5.26 Å². The molecule has 11 heteroatoms. The molecule has 1 unspecified atom stereocenters. The number of hydrogen-bond donors (Lipinski definition) is 2. The van der Waals surface area contributed by atoms with E-state index in [4.69, 9.17) is 5.26 Å². The summed E-state index contributed by atoms with van der Waals surface area (Å²) in [6.45, 7) is 1.44. The standard InChI is InChI=1S/C17H13F3N2O5S/c1-10-6-12(8-14(7-10)27-28(25,26)17(18,19)20)15(16(23)24)22-13-4-2-11(9-21)3-5-13/h2-8,15,22H,1H3,(H,23,24). The Morgan fingerprint density at radius 3 is 2.32 bits per heavy atom. The molecule has 1 atom stereocenters. The fourth-order valence-electron chi connectivity index (χ4n) is 2.26. The van der Waals surface area contributed by atoms with Crippen LogP contribution >= 0.6 is 0 Å². The maximum absolute atomic E-state index is 12.5. The molecule has 28 heavy (non-hydrogen) atoms. The summed E-state index contributed by atoms with van der Waals surface area (Å²) < 4.78 is 64.0. The van der Waals surface area contributed by atoms with E-state index in [1.54, 1.807) is 0 Å². The molecule has 7 nitrogen and oxygen atoms in total. The summed E-state index contributed by atoms with van der Waals surface area (Å²) in [5.74, 6) is -2.03. The third kappa shape index (κ3) is 4.92. The summed E-state index contributed by atoms with van der Waals surface area (Å²) in [5.41, 5.74) is -4.68. The molecule has 2 aromatic carbocycles. The smallest absolute Gasteiger partial charge is 0.479 e. The second kappa shape index (κ2) is 7.77. The third-order valence-electron chi connectivity index (χ3n) is 3.47. The normalized spacial score (nSPS) is 12.7. The molecule has 0 spiro atoms. The summed E-state index contributed by atoms with van der Waals surface area (Å²) in [6, 6.07) is 9.58. The van der Waals surface area contributed by atoms with Crippen molar-refractivity contribution in [1.82, 2.24) is 0 Å². The number of carboxylic acid groups (broad SMARTS) is 1. The minimum atomic E-state index is -5.90. The van der Waals surface area contributed by atoms with Crippen molar-refractivity contribution in [3.05, 3.63) is 59.2 Å². The number of nitrogens with zero attached hydrogens (tertiary/aromatic N) is 1. The lowest BCUT2D eigenvalue weighted by Gasteiger charge is -2.18. The largest absolute Gasteiger partial charge is 0.534 e. The first-order valence-electron chi connectivity index (χ1n) is 7.55. The molecule has 148 valence electrons. The van der Waals surface area contributed by atoms with Crippen molar-refractivity contribution < 1.29 is 35.7 Å². The van der Waals surface area contributed by atoms with Gasteiger partial charge in [-0.1, -0.05) is 6.07 Å². The minimum Gasteiger partial charge on any atom is -0.479 e. The summed E-state index contributed by atoms with van der Waals surface area (Å²) >= 11 is 0. The molecule has 0 aliphatic rings. The van der Waals surface area contributed by atoms with Crippen LogP contribution in [0.15, 0.2) is 42.5 Å². The van der Waals surface area contributed by atoms with Crippen LogP contribution in [0.5, 0.6) is 5.75 Å². The van der Waals surface area contributed by atoms with Gasteiger partial charge in [-0.3, -0.25) is 0 Å². The maximum atomic E-state index is 12.5. The number of hydrogen-bond acceptors (Lipinski definition) is 6. The monoisotopic (exact) mass is 414 g/mol. The number of aliphatic carboxylic acids is 1. The Kier molecular flexibility index (Phi) is 5.84. The van der Waals surface area contributed by atoms with E-state index < -0.39 is 33.4 Å². The first-order chi connectivity index (χ1) is 12.9. The SMILES string of the molecule is Cc1cc(OS(=O)(=O)C(F)(F)F)cc(C(Nc2ccc(C#N)cc2)C(=O)O)c1. The van der Waals surface area contributed by atoms with Crippen LogP contribution in [0.3, 0.4) is 0 Å². The Morgan fingerprint density at radius 1 is 1.21 bits per heavy atom. The van der Waals surface area contributed by atoms with Crippen LogP contribution in [0.2, 0.25) is 0 Å². The molecule has 0 bridgehead atoms. The second-order valence-electron chi connectivity index (χ2n) is 5.67. The number of alkyl halides is 3. The topological polar surface area (TPSA) is 116 Å². The van der Waals surface area contributed by atoms with Crippen molar-refractivity contribution in [2.45, 2.75) is 18.5 Å². The highest BCUT2D eigenvalue weighted by atomic mass is 32.2. The van der Waals surface area contributed by atoms with Crippen LogP contribution < -0.4 is 9.50 Å². The van der Waals surface area contributed by atoms with Crippen molar-refractivity contribution in [3.63, 3.8) is 0 Å². The first kappa shape index (κ1) is 21.0. The van der Waals surface area contributed by atoms with Gasteiger partial charge in [0.15, 0.2) is 6.04 Å². The number of nitriles is 1. The molecule has 0 aliphatic heterocycles. The Morgan fingerprint density at radius 2 is 1.82 bits per heavy atom. The van der Waals surface area contributed by atoms with Crippen LogP contribution in [-0.2, 0) is 14.9 Å². The van der Waals surface area contributed by atoms with E-state index in [9.17, 15) is 31.5 Å². The van der Waals surface area contributed by atoms with Gasteiger partial charge in [0, 0.05) is 5.69 Å². The third-order valence-corrected chi connectivity index (χ3v) is 4.45. The predicted octanol–water partition coefficient (Wildman–Crippen LogP) is 3.33. The Bertz CT molecular complexity index is 1030. The number of nitrogens with one attached hydrogen (secondary N) is 1. The fourth-order valence-corrected chi connectivity index (χ4v) is 2.70. The van der Waals surface area contributed by atoms with Gasteiger partial charge in [-0.2, -0.15) is 26.9 Å². The molecule has 0 heterocycles. The second-order valence-corrected chi connectivity index (χ2v) is 7.21. The molecule has 0 aromatic heterocycles. The van der Waals surface area contributed by atoms with Crippen molar-refractivity contribution in [3.8, 4) is 11.8 Å². The zero-order chi connectivity index (χ0) is 21.1. The number of carboxylic acids is 1. The molecule has 0 radical (unpaired) electrons. The molecule has 2 rings (SSSR count). The van der Waals surface area contributed by atoms with E-state index in [0.717, 1.165) is 12.1 Å². The van der Waals surface area contributed by atoms with E-state index in [-0.39, 0.29) is 11.1 Å². The lowest BCUT2D eigenvalue weighted by molar-refractivity contribution is -0.138. The van der Waals surface area contributed by atoms with E-state index in [1.165, 1.54) is 37.3 Å². The number of anilines is 1. The van der Waals surface area contributed by atoms with Gasteiger partial charge in [-0.15, -0.1) is 0 Å². The zero-order valence-electron chi connectivity index (χ0n) is 14.2. The molecule has 0 saturated carbocycles. The molecule has 2 aromatic rings. The van der Waals surface area contributed by atoms with E-state index >= 15 is 0 Å². The van der Waals surface area contributed by atoms with Crippen LogP contribution in [0.4, 0.5) is 18.9 Å². The van der Waals surface area contributed by atoms with Gasteiger partial charge in [-0.05, 0) is 54.4 Å². The van der Waals surface area contributed by atoms with E-state index in [1.807, 2.05) is 6.07 Å². The van der Waals surface area contributed by atoms with Crippen LogP contribution in [0.1, 0.15) is 22.7 Å². The van der Waals surface area contributed by atoms with Gasteiger partial charge < -0.3 is 14.6 Å². The summed E-state index contributed by atoms with van der Waals surface area (Å²) in [4.78, 5) is 11.6. The average Bonchev–Trinajstić information content (AvgIpc) is 2.58. The molecule has 0 aliphatic carbocycles. The lowest BCUT2D eigenvalue weighted by Crippen LogP contribution is -2.28. The van der Waals surface area contributed by atoms with Gasteiger partial charge in [0.05, 0.1) is 11.6 Å². The molecule has 0 amide bonds. The average molecular weight is 414 g/mol. The minimum absolute atomic E-state index is 0.0239. The summed E-state index contributed by atoms with van der Waals surface area (Å²) in [7, 11) is -5.90. The van der Waals surface area contributed by atoms with E-state index in [2.05, 4.69) is 9.50 Å². The highest BCUT2D eigenvalue weighted by Gasteiger charge is 2.48.